The summed E-state index contributed by atoms with van der Waals surface area (Å²) in [5, 5.41) is 17.4. The van der Waals surface area contributed by atoms with Crippen molar-refractivity contribution in [3.63, 3.8) is 0 Å². The highest BCUT2D eigenvalue weighted by Gasteiger charge is 2.43. The Labute approximate surface area is 291 Å². The number of hydrogen-bond donors (Lipinski definition) is 2. The van der Waals surface area contributed by atoms with Crippen LogP contribution in [0, 0.1) is 19.8 Å². The number of carbonyl (C=O) groups is 3. The Balaban J connectivity index is 1.40. The Morgan fingerprint density at radius 1 is 1.16 bits per heavy atom. The highest BCUT2D eigenvalue weighted by molar-refractivity contribution is 7.13. The van der Waals surface area contributed by atoms with Gasteiger partial charge in [0.05, 0.1) is 41.1 Å². The molecule has 0 unspecified atom stereocenters. The van der Waals surface area contributed by atoms with Crippen molar-refractivity contribution in [1.82, 2.24) is 25.3 Å². The molecule has 0 saturated carbocycles. The zero-order chi connectivity index (χ0) is 35.9. The summed E-state index contributed by atoms with van der Waals surface area (Å²) in [7, 11) is 1.66. The number of carbonyl (C=O) groups excluding carboxylic acids is 3. The lowest BCUT2D eigenvalue weighted by molar-refractivity contribution is -0.141. The molecule has 0 bridgehead atoms. The number of thiazole rings is 1. The van der Waals surface area contributed by atoms with Crippen molar-refractivity contribution in [2.45, 2.75) is 85.1 Å². The number of likely N-dealkylation sites (tertiary alicyclic amines) is 1. The number of ether oxygens (including phenoxy) is 3. The van der Waals surface area contributed by atoms with E-state index in [4.69, 9.17) is 18.7 Å². The van der Waals surface area contributed by atoms with E-state index in [1.807, 2.05) is 59.7 Å². The standard InChI is InChI=1S/C35H49N5O8S/c1-21(2)30(29-15-22(3)38-48-29)33(43)40-19-26(41)17-27(40)32(42)36-18-25-10-9-24(31-23(4)37-20-49-31)16-28(25)46-14-13-45-12-11-39(8)34(44)47-35(5,6)7/h9-10,15-16,20-21,26-27,30,41H,11-14,17-19H2,1-8H3,(H,36,42)/t26-,27+,30-/m1/s1. The molecule has 13 nitrogen and oxygen atoms in total. The van der Waals surface area contributed by atoms with Crippen molar-refractivity contribution in [3.8, 4) is 16.2 Å². The molecule has 0 radical (unpaired) electrons. The van der Waals surface area contributed by atoms with E-state index in [0.717, 1.165) is 21.7 Å². The number of hydrogen-bond acceptors (Lipinski definition) is 11. The third-order valence-electron chi connectivity index (χ3n) is 8.04. The highest BCUT2D eigenvalue weighted by atomic mass is 32.1. The van der Waals surface area contributed by atoms with Gasteiger partial charge in [-0.2, -0.15) is 0 Å². The first-order valence-electron chi connectivity index (χ1n) is 16.5. The fraction of sp³-hybridized carbons (Fsp3) is 0.571. The number of aromatic nitrogens is 2. The summed E-state index contributed by atoms with van der Waals surface area (Å²) in [6.45, 7) is 14.4. The molecule has 2 N–H and O–H groups in total. The number of amides is 3. The van der Waals surface area contributed by atoms with E-state index in [1.54, 1.807) is 25.5 Å². The summed E-state index contributed by atoms with van der Waals surface area (Å²) in [5.41, 5.74) is 4.45. The second-order valence-corrected chi connectivity index (χ2v) is 14.5. The second kappa shape index (κ2) is 16.6. The second-order valence-electron chi connectivity index (χ2n) is 13.7. The first kappa shape index (κ1) is 37.8. The molecule has 2 aromatic heterocycles. The average molecular weight is 700 g/mol. The molecule has 1 saturated heterocycles. The molecule has 4 rings (SSSR count). The number of rotatable bonds is 14. The van der Waals surface area contributed by atoms with Gasteiger partial charge < -0.3 is 39.0 Å². The first-order valence-corrected chi connectivity index (χ1v) is 17.4. The van der Waals surface area contributed by atoms with Gasteiger partial charge in [0.15, 0.2) is 0 Å². The number of nitrogens with zero attached hydrogens (tertiary/aromatic N) is 4. The molecule has 0 aliphatic carbocycles. The van der Waals surface area contributed by atoms with Gasteiger partial charge in [-0.25, -0.2) is 9.78 Å². The van der Waals surface area contributed by atoms with Crippen LogP contribution in [0.1, 0.15) is 69.7 Å². The molecule has 49 heavy (non-hydrogen) atoms. The average Bonchev–Trinajstić information content (AvgIpc) is 3.76. The summed E-state index contributed by atoms with van der Waals surface area (Å²) < 4.78 is 22.7. The SMILES string of the molecule is Cc1cc([C@H](C(=O)N2C[C@H](O)C[C@H]2C(=O)NCc2ccc(-c3scnc3C)cc2OCCOCCN(C)C(=O)OC(C)(C)C)C(C)C)on1. The summed E-state index contributed by atoms with van der Waals surface area (Å²) in [4.78, 5) is 47.8. The molecule has 3 aromatic rings. The van der Waals surface area contributed by atoms with E-state index in [1.165, 1.54) is 21.1 Å². The zero-order valence-electron chi connectivity index (χ0n) is 29.6. The van der Waals surface area contributed by atoms with Crippen molar-refractivity contribution in [1.29, 1.82) is 0 Å². The molecule has 1 aromatic carbocycles. The number of aryl methyl sites for hydroxylation is 2. The summed E-state index contributed by atoms with van der Waals surface area (Å²) >= 11 is 1.53. The molecule has 3 atom stereocenters. The molecule has 1 aliphatic heterocycles. The van der Waals surface area contributed by atoms with Crippen molar-refractivity contribution >= 4 is 29.2 Å². The van der Waals surface area contributed by atoms with Gasteiger partial charge >= 0.3 is 6.09 Å². The van der Waals surface area contributed by atoms with Crippen molar-refractivity contribution in [3.05, 3.63) is 52.5 Å². The predicted molar refractivity (Wildman–Crippen MR) is 184 cm³/mol. The van der Waals surface area contributed by atoms with Gasteiger partial charge in [-0.05, 0) is 52.2 Å². The molecule has 3 heterocycles. The van der Waals surface area contributed by atoms with Crippen molar-refractivity contribution in [2.24, 2.45) is 5.92 Å². The Kier molecular flexibility index (Phi) is 12.8. The van der Waals surface area contributed by atoms with E-state index in [0.29, 0.717) is 30.4 Å². The van der Waals surface area contributed by atoms with E-state index in [2.05, 4.69) is 15.5 Å². The zero-order valence-corrected chi connectivity index (χ0v) is 30.5. The molecule has 14 heteroatoms. The number of nitrogens with one attached hydrogen (secondary N) is 1. The van der Waals surface area contributed by atoms with Crippen LogP contribution in [0.2, 0.25) is 0 Å². The predicted octanol–water partition coefficient (Wildman–Crippen LogP) is 4.70. The van der Waals surface area contributed by atoms with E-state index >= 15 is 0 Å². The number of benzene rings is 1. The largest absolute Gasteiger partial charge is 0.491 e. The number of aliphatic hydroxyl groups is 1. The van der Waals surface area contributed by atoms with Gasteiger partial charge in [0.1, 0.15) is 35.7 Å². The van der Waals surface area contributed by atoms with Gasteiger partial charge in [-0.3, -0.25) is 9.59 Å². The molecular formula is C35H49N5O8S. The fourth-order valence-corrected chi connectivity index (χ4v) is 6.35. The quantitative estimate of drug-likeness (QED) is 0.226. The number of likely N-dealkylation sites (N-methyl/N-ethyl adjacent to an activating group) is 1. The van der Waals surface area contributed by atoms with Gasteiger partial charge in [-0.15, -0.1) is 11.3 Å². The molecule has 3 amide bonds. The van der Waals surface area contributed by atoms with E-state index in [-0.39, 0.29) is 50.5 Å². The normalized spacial score (nSPS) is 16.9. The summed E-state index contributed by atoms with van der Waals surface area (Å²) in [5.74, 6) is -0.392. The maximum absolute atomic E-state index is 13.8. The minimum Gasteiger partial charge on any atom is -0.491 e. The van der Waals surface area contributed by atoms with Crippen LogP contribution in [0.5, 0.6) is 5.75 Å². The van der Waals surface area contributed by atoms with Crippen LogP contribution in [0.25, 0.3) is 10.4 Å². The summed E-state index contributed by atoms with van der Waals surface area (Å²) in [6, 6.07) is 6.66. The van der Waals surface area contributed by atoms with Gasteiger partial charge in [0.25, 0.3) is 0 Å². The maximum Gasteiger partial charge on any atom is 0.410 e. The van der Waals surface area contributed by atoms with Crippen molar-refractivity contribution < 1.29 is 38.2 Å². The van der Waals surface area contributed by atoms with Crippen LogP contribution in [-0.2, 0) is 25.6 Å². The number of β-amino-alcohol motifs (C(OH)–C–C–N with tert-alkyl or cyclic N) is 1. The minimum atomic E-state index is -0.844. The first-order chi connectivity index (χ1) is 23.1. The van der Waals surface area contributed by atoms with Gasteiger partial charge in [0.2, 0.25) is 11.8 Å². The van der Waals surface area contributed by atoms with Gasteiger partial charge in [0, 0.05) is 44.7 Å². The van der Waals surface area contributed by atoms with Crippen LogP contribution < -0.4 is 10.1 Å². The minimum absolute atomic E-state index is 0.0537. The molecule has 1 aliphatic rings. The number of aliphatic hydroxyl groups excluding tert-OH is 1. The van der Waals surface area contributed by atoms with Crippen LogP contribution >= 0.6 is 11.3 Å². The Morgan fingerprint density at radius 3 is 2.55 bits per heavy atom. The third kappa shape index (κ3) is 10.2. The van der Waals surface area contributed by atoms with Crippen LogP contribution in [0.4, 0.5) is 4.79 Å². The highest BCUT2D eigenvalue weighted by Crippen LogP contribution is 2.33. The Morgan fingerprint density at radius 2 is 1.92 bits per heavy atom. The monoisotopic (exact) mass is 699 g/mol. The van der Waals surface area contributed by atoms with Crippen molar-refractivity contribution in [2.75, 3.05) is 40.0 Å². The molecular weight excluding hydrogens is 650 g/mol. The maximum atomic E-state index is 13.8. The third-order valence-corrected chi connectivity index (χ3v) is 9.02. The smallest absolute Gasteiger partial charge is 0.410 e. The lowest BCUT2D eigenvalue weighted by atomic mass is 9.91. The summed E-state index contributed by atoms with van der Waals surface area (Å²) in [6.07, 6.45) is -1.11. The molecule has 1 fully saturated rings. The molecule has 268 valence electrons. The van der Waals surface area contributed by atoms with E-state index < -0.39 is 29.8 Å². The Bertz CT molecular complexity index is 1580. The fourth-order valence-electron chi connectivity index (χ4n) is 5.55. The van der Waals surface area contributed by atoms with Crippen LogP contribution in [-0.4, -0.2) is 101 Å². The van der Waals surface area contributed by atoms with Gasteiger partial charge in [-0.1, -0.05) is 31.1 Å². The Hall–Kier alpha value is -4.01. The topological polar surface area (TPSA) is 157 Å². The van der Waals surface area contributed by atoms with Crippen LogP contribution in [0.15, 0.2) is 34.3 Å². The lowest BCUT2D eigenvalue weighted by Crippen LogP contribution is -2.48. The molecule has 0 spiro atoms. The lowest BCUT2D eigenvalue weighted by Gasteiger charge is -2.28. The van der Waals surface area contributed by atoms with E-state index in [9.17, 15) is 19.5 Å². The van der Waals surface area contributed by atoms with Crippen LogP contribution in [0.3, 0.4) is 0 Å².